The third-order valence-corrected chi connectivity index (χ3v) is 6.89. The maximum Gasteiger partial charge on any atom is 0.300 e. The molecule has 1 amide bonds. The second kappa shape index (κ2) is 12.0. The molecule has 1 atom stereocenters. The van der Waals surface area contributed by atoms with Crippen LogP contribution in [0.3, 0.4) is 0 Å². The highest BCUT2D eigenvalue weighted by atomic mass is 35.5. The summed E-state index contributed by atoms with van der Waals surface area (Å²) in [7, 11) is 2.70. The lowest BCUT2D eigenvalue weighted by molar-refractivity contribution is -0.132. The SMILES string of the molecule is CCOc1ccc(N2C(=O)C(=O)/C(=C(/O)c3cc(Cl)c(OC)c(Cl)c3OC)C2c2ccc(O)c(OCC)c2)cc1. The largest absolute Gasteiger partial charge is 0.507 e. The molecule has 1 fully saturated rings. The lowest BCUT2D eigenvalue weighted by Crippen LogP contribution is -2.29. The number of phenolic OH excluding ortho intramolecular Hbond substituents is 1. The van der Waals surface area contributed by atoms with Gasteiger partial charge in [0.15, 0.2) is 23.0 Å². The van der Waals surface area contributed by atoms with E-state index in [2.05, 4.69) is 0 Å². The van der Waals surface area contributed by atoms with Crippen molar-refractivity contribution in [3.8, 4) is 28.7 Å². The van der Waals surface area contributed by atoms with Crippen LogP contribution in [0.15, 0.2) is 54.1 Å². The minimum Gasteiger partial charge on any atom is -0.507 e. The first-order chi connectivity index (χ1) is 19.2. The average Bonchev–Trinajstić information content (AvgIpc) is 3.20. The van der Waals surface area contributed by atoms with Crippen molar-refractivity contribution >= 4 is 46.3 Å². The van der Waals surface area contributed by atoms with Crippen molar-refractivity contribution < 1.29 is 38.7 Å². The van der Waals surface area contributed by atoms with Crippen LogP contribution in [-0.4, -0.2) is 49.3 Å². The van der Waals surface area contributed by atoms with Crippen LogP contribution in [0, 0.1) is 0 Å². The Hall–Kier alpha value is -4.08. The van der Waals surface area contributed by atoms with E-state index in [0.29, 0.717) is 23.6 Å². The molecule has 1 aliphatic heterocycles. The van der Waals surface area contributed by atoms with Crippen LogP contribution in [0.4, 0.5) is 5.69 Å². The maximum atomic E-state index is 13.6. The summed E-state index contributed by atoms with van der Waals surface area (Å²) in [6.45, 7) is 4.31. The van der Waals surface area contributed by atoms with E-state index in [1.54, 1.807) is 31.2 Å². The molecule has 1 saturated heterocycles. The van der Waals surface area contributed by atoms with Crippen molar-refractivity contribution in [3.63, 3.8) is 0 Å². The number of halogens is 2. The molecular formula is C29H27Cl2NO8. The summed E-state index contributed by atoms with van der Waals surface area (Å²) >= 11 is 12.8. The molecule has 0 bridgehead atoms. The Morgan fingerprint density at radius 3 is 2.17 bits per heavy atom. The van der Waals surface area contributed by atoms with Crippen LogP contribution in [-0.2, 0) is 9.59 Å². The molecule has 0 aliphatic carbocycles. The van der Waals surface area contributed by atoms with Crippen LogP contribution < -0.4 is 23.8 Å². The van der Waals surface area contributed by atoms with Gasteiger partial charge in [-0.05, 0) is 61.9 Å². The second-order valence-electron chi connectivity index (χ2n) is 8.54. The summed E-state index contributed by atoms with van der Waals surface area (Å²) in [6, 6.07) is 11.3. The third-order valence-electron chi connectivity index (χ3n) is 6.26. The van der Waals surface area contributed by atoms with E-state index in [4.69, 9.17) is 42.1 Å². The standard InChI is InChI=1S/C29H27Cl2NO8/c1-5-39-17-10-8-16(9-11-17)32-24(15-7-12-20(33)21(13-15)40-6-2)22(26(35)29(32)36)25(34)18-14-19(30)28(38-4)23(31)27(18)37-3/h7-14,24,33-34H,5-6H2,1-4H3/b25-22+. The number of phenols is 1. The Labute approximate surface area is 241 Å². The molecule has 4 rings (SSSR count). The van der Waals surface area contributed by atoms with E-state index < -0.39 is 23.5 Å². The zero-order valence-electron chi connectivity index (χ0n) is 22.2. The van der Waals surface area contributed by atoms with Gasteiger partial charge < -0.3 is 29.2 Å². The summed E-state index contributed by atoms with van der Waals surface area (Å²) in [5.74, 6) is -1.69. The number of nitrogens with zero attached hydrogens (tertiary/aromatic N) is 1. The number of ether oxygens (including phenoxy) is 4. The first kappa shape index (κ1) is 28.9. The predicted octanol–water partition coefficient (Wildman–Crippen LogP) is 6.14. The Bertz CT molecular complexity index is 1490. The van der Waals surface area contributed by atoms with E-state index in [0.717, 1.165) is 0 Å². The van der Waals surface area contributed by atoms with Crippen LogP contribution in [0.2, 0.25) is 10.0 Å². The number of benzene rings is 3. The van der Waals surface area contributed by atoms with Crippen LogP contribution in [0.5, 0.6) is 28.7 Å². The number of hydrogen-bond donors (Lipinski definition) is 2. The van der Waals surface area contributed by atoms with Gasteiger partial charge in [0.2, 0.25) is 0 Å². The number of Topliss-reactive ketones (excluding diaryl/α,β-unsaturated/α-hetero) is 1. The topological polar surface area (TPSA) is 115 Å². The molecule has 3 aromatic rings. The quantitative estimate of drug-likeness (QED) is 0.174. The van der Waals surface area contributed by atoms with Crippen molar-refractivity contribution in [1.29, 1.82) is 0 Å². The van der Waals surface area contributed by atoms with Gasteiger partial charge in [0.05, 0.1) is 49.6 Å². The molecule has 210 valence electrons. The molecule has 0 saturated carbocycles. The number of aliphatic hydroxyl groups excluding tert-OH is 1. The average molecular weight is 588 g/mol. The highest BCUT2D eigenvalue weighted by molar-refractivity contribution is 6.52. The van der Waals surface area contributed by atoms with Crippen molar-refractivity contribution in [2.24, 2.45) is 0 Å². The van der Waals surface area contributed by atoms with Gasteiger partial charge in [0, 0.05) is 5.69 Å². The molecule has 0 spiro atoms. The van der Waals surface area contributed by atoms with Gasteiger partial charge >= 0.3 is 0 Å². The zero-order chi connectivity index (χ0) is 29.1. The first-order valence-corrected chi connectivity index (χ1v) is 13.0. The lowest BCUT2D eigenvalue weighted by atomic mass is 9.94. The molecule has 1 unspecified atom stereocenters. The molecule has 11 heteroatoms. The van der Waals surface area contributed by atoms with Crippen molar-refractivity contribution in [2.75, 3.05) is 32.3 Å². The number of aromatic hydroxyl groups is 1. The Balaban J connectivity index is 2.00. The van der Waals surface area contributed by atoms with E-state index in [1.165, 1.54) is 43.4 Å². The van der Waals surface area contributed by atoms with E-state index >= 15 is 0 Å². The normalized spacial score (nSPS) is 16.2. The number of amides is 1. The summed E-state index contributed by atoms with van der Waals surface area (Å²) in [4.78, 5) is 28.4. The molecule has 1 heterocycles. The highest BCUT2D eigenvalue weighted by Gasteiger charge is 2.47. The molecule has 9 nitrogen and oxygen atoms in total. The first-order valence-electron chi connectivity index (χ1n) is 12.3. The maximum absolute atomic E-state index is 13.6. The third kappa shape index (κ3) is 5.10. The highest BCUT2D eigenvalue weighted by Crippen LogP contribution is 2.48. The molecular weight excluding hydrogens is 561 g/mol. The van der Waals surface area contributed by atoms with Crippen molar-refractivity contribution in [2.45, 2.75) is 19.9 Å². The van der Waals surface area contributed by atoms with E-state index in [9.17, 15) is 19.8 Å². The molecule has 2 N–H and O–H groups in total. The van der Waals surface area contributed by atoms with Gasteiger partial charge in [-0.15, -0.1) is 0 Å². The smallest absolute Gasteiger partial charge is 0.300 e. The fraction of sp³-hybridized carbons (Fsp3) is 0.241. The van der Waals surface area contributed by atoms with Crippen LogP contribution >= 0.6 is 23.2 Å². The molecule has 0 aromatic heterocycles. The Kier molecular flexibility index (Phi) is 8.66. The lowest BCUT2D eigenvalue weighted by Gasteiger charge is -2.26. The number of hydrogen-bond acceptors (Lipinski definition) is 8. The minimum absolute atomic E-state index is 0.00727. The number of anilines is 1. The number of aliphatic hydroxyl groups is 1. The number of carbonyl (C=O) groups is 2. The summed E-state index contributed by atoms with van der Waals surface area (Å²) in [6.07, 6.45) is 0. The van der Waals surface area contributed by atoms with Gasteiger partial charge in [-0.2, -0.15) is 0 Å². The van der Waals surface area contributed by atoms with Crippen LogP contribution in [0.25, 0.3) is 5.76 Å². The number of ketones is 1. The Morgan fingerprint density at radius 2 is 1.57 bits per heavy atom. The van der Waals surface area contributed by atoms with Crippen molar-refractivity contribution in [3.05, 3.63) is 75.3 Å². The molecule has 40 heavy (non-hydrogen) atoms. The van der Waals surface area contributed by atoms with Gasteiger partial charge in [0.1, 0.15) is 16.5 Å². The number of methoxy groups -OCH3 is 2. The van der Waals surface area contributed by atoms with Crippen LogP contribution in [0.1, 0.15) is 31.0 Å². The van der Waals surface area contributed by atoms with E-state index in [-0.39, 0.29) is 50.8 Å². The number of carbonyl (C=O) groups excluding carboxylic acids is 2. The molecule has 0 radical (unpaired) electrons. The summed E-state index contributed by atoms with van der Waals surface area (Å²) < 4.78 is 21.7. The predicted molar refractivity (Wildman–Crippen MR) is 151 cm³/mol. The van der Waals surface area contributed by atoms with Gasteiger partial charge in [-0.25, -0.2) is 0 Å². The van der Waals surface area contributed by atoms with Gasteiger partial charge in [-0.3, -0.25) is 14.5 Å². The summed E-state index contributed by atoms with van der Waals surface area (Å²) in [5.41, 5.74) is 0.499. The molecule has 1 aliphatic rings. The van der Waals surface area contributed by atoms with Gasteiger partial charge in [0.25, 0.3) is 11.7 Å². The number of rotatable bonds is 9. The Morgan fingerprint density at radius 1 is 0.925 bits per heavy atom. The monoisotopic (exact) mass is 587 g/mol. The zero-order valence-corrected chi connectivity index (χ0v) is 23.7. The summed E-state index contributed by atoms with van der Waals surface area (Å²) in [5, 5.41) is 21.9. The second-order valence-corrected chi connectivity index (χ2v) is 9.33. The fourth-order valence-electron chi connectivity index (χ4n) is 4.55. The van der Waals surface area contributed by atoms with E-state index in [1.807, 2.05) is 6.92 Å². The van der Waals surface area contributed by atoms with Crippen molar-refractivity contribution in [1.82, 2.24) is 0 Å². The minimum atomic E-state index is -1.12. The van der Waals surface area contributed by atoms with Gasteiger partial charge in [-0.1, -0.05) is 29.3 Å². The molecule has 3 aromatic carbocycles. The fourth-order valence-corrected chi connectivity index (χ4v) is 5.23.